The number of benzene rings is 1. The van der Waals surface area contributed by atoms with E-state index >= 15 is 0 Å². The van der Waals surface area contributed by atoms with E-state index in [2.05, 4.69) is 4.98 Å². The van der Waals surface area contributed by atoms with E-state index in [1.807, 2.05) is 19.9 Å². The van der Waals surface area contributed by atoms with Gasteiger partial charge in [-0.15, -0.1) is 0 Å². The van der Waals surface area contributed by atoms with Gasteiger partial charge in [0.1, 0.15) is 5.69 Å². The van der Waals surface area contributed by atoms with Crippen molar-refractivity contribution in [1.29, 1.82) is 0 Å². The zero-order valence-corrected chi connectivity index (χ0v) is 10.3. The molecule has 1 aromatic carbocycles. The number of hydrogen-bond acceptors (Lipinski definition) is 3. The molecule has 3 nitrogen and oxygen atoms in total. The van der Waals surface area contributed by atoms with Gasteiger partial charge in [-0.05, 0) is 38.1 Å². The molecule has 0 radical (unpaired) electrons. The quantitative estimate of drug-likeness (QED) is 0.611. The number of hydrogen-bond donors (Lipinski definition) is 0. The van der Waals surface area contributed by atoms with Crippen LogP contribution in [-0.2, 0) is 0 Å². The fourth-order valence-electron chi connectivity index (χ4n) is 1.85. The van der Waals surface area contributed by atoms with E-state index in [0.29, 0.717) is 5.56 Å². The summed E-state index contributed by atoms with van der Waals surface area (Å²) in [6, 6.07) is 10.3. The number of Topliss-reactive ketones (excluding diaryl/α,β-unsaturated/α-hetero) is 2. The predicted octanol–water partition coefficient (Wildman–Crippen LogP) is 2.76. The lowest BCUT2D eigenvalue weighted by Gasteiger charge is -2.03. The smallest absolute Gasteiger partial charge is 0.251 e. The van der Waals surface area contributed by atoms with Crippen molar-refractivity contribution in [3.05, 3.63) is 65.0 Å². The average Bonchev–Trinajstić information content (AvgIpc) is 2.37. The lowest BCUT2D eigenvalue weighted by molar-refractivity contribution is 0.0814. The molecule has 90 valence electrons. The summed E-state index contributed by atoms with van der Waals surface area (Å²) in [5, 5.41) is 0. The molecule has 0 saturated heterocycles. The third-order valence-electron chi connectivity index (χ3n) is 2.59. The molecule has 0 spiro atoms. The Kier molecular flexibility index (Phi) is 3.33. The van der Waals surface area contributed by atoms with Crippen molar-refractivity contribution in [2.45, 2.75) is 13.8 Å². The van der Waals surface area contributed by atoms with E-state index in [0.717, 1.165) is 11.1 Å². The van der Waals surface area contributed by atoms with Crippen LogP contribution in [0.2, 0.25) is 0 Å². The van der Waals surface area contributed by atoms with Gasteiger partial charge < -0.3 is 0 Å². The van der Waals surface area contributed by atoms with E-state index in [1.54, 1.807) is 30.3 Å². The summed E-state index contributed by atoms with van der Waals surface area (Å²) >= 11 is 0. The van der Waals surface area contributed by atoms with Crippen molar-refractivity contribution in [3.8, 4) is 0 Å². The first-order valence-electron chi connectivity index (χ1n) is 5.66. The summed E-state index contributed by atoms with van der Waals surface area (Å²) in [6.07, 6.45) is 1.50. The van der Waals surface area contributed by atoms with E-state index in [4.69, 9.17) is 0 Å². The summed E-state index contributed by atoms with van der Waals surface area (Å²) < 4.78 is 0. The van der Waals surface area contributed by atoms with Crippen LogP contribution in [0, 0.1) is 13.8 Å². The number of aromatic nitrogens is 1. The predicted molar refractivity (Wildman–Crippen MR) is 68.8 cm³/mol. The van der Waals surface area contributed by atoms with Gasteiger partial charge in [0.15, 0.2) is 0 Å². The second-order valence-corrected chi connectivity index (χ2v) is 4.25. The largest absolute Gasteiger partial charge is 0.285 e. The Hall–Kier alpha value is -2.29. The maximum atomic E-state index is 12.1. The van der Waals surface area contributed by atoms with Gasteiger partial charge in [0.2, 0.25) is 5.78 Å². The molecule has 0 aliphatic heterocycles. The Labute approximate surface area is 105 Å². The second-order valence-electron chi connectivity index (χ2n) is 4.25. The highest BCUT2D eigenvalue weighted by Crippen LogP contribution is 2.11. The minimum Gasteiger partial charge on any atom is -0.285 e. The van der Waals surface area contributed by atoms with Gasteiger partial charge in [0.05, 0.1) is 0 Å². The Bertz CT molecular complexity index is 583. The third-order valence-corrected chi connectivity index (χ3v) is 2.59. The van der Waals surface area contributed by atoms with Gasteiger partial charge in [-0.3, -0.25) is 14.6 Å². The van der Waals surface area contributed by atoms with E-state index in [-0.39, 0.29) is 5.69 Å². The van der Waals surface area contributed by atoms with Crippen molar-refractivity contribution in [3.63, 3.8) is 0 Å². The molecular formula is C15H13NO2. The Morgan fingerprint density at radius 2 is 1.61 bits per heavy atom. The minimum absolute atomic E-state index is 0.182. The van der Waals surface area contributed by atoms with Crippen molar-refractivity contribution >= 4 is 11.6 Å². The summed E-state index contributed by atoms with van der Waals surface area (Å²) in [4.78, 5) is 27.9. The highest BCUT2D eigenvalue weighted by Gasteiger charge is 2.19. The molecule has 0 N–H and O–H groups in total. The number of aryl methyl sites for hydroxylation is 2. The third kappa shape index (κ3) is 2.51. The summed E-state index contributed by atoms with van der Waals surface area (Å²) in [5.74, 6) is -1.08. The van der Waals surface area contributed by atoms with Crippen LogP contribution in [-0.4, -0.2) is 16.6 Å². The minimum atomic E-state index is -0.569. The lowest BCUT2D eigenvalue weighted by atomic mass is 10.0. The van der Waals surface area contributed by atoms with Crippen LogP contribution in [0.25, 0.3) is 0 Å². The van der Waals surface area contributed by atoms with E-state index in [9.17, 15) is 9.59 Å². The number of ketones is 2. The van der Waals surface area contributed by atoms with Crippen molar-refractivity contribution in [2.24, 2.45) is 0 Å². The second kappa shape index (κ2) is 4.92. The maximum Gasteiger partial charge on any atom is 0.251 e. The Morgan fingerprint density at radius 3 is 2.17 bits per heavy atom. The van der Waals surface area contributed by atoms with Gasteiger partial charge in [-0.1, -0.05) is 23.3 Å². The SMILES string of the molecule is Cc1cc(C)cc(C(=O)C(=O)c2ccccn2)c1. The van der Waals surface area contributed by atoms with Crippen LogP contribution in [0.1, 0.15) is 32.0 Å². The molecule has 18 heavy (non-hydrogen) atoms. The number of pyridine rings is 1. The van der Waals surface area contributed by atoms with Gasteiger partial charge in [-0.2, -0.15) is 0 Å². The summed E-state index contributed by atoms with van der Waals surface area (Å²) in [6.45, 7) is 3.80. The van der Waals surface area contributed by atoms with Crippen molar-refractivity contribution in [1.82, 2.24) is 4.98 Å². The van der Waals surface area contributed by atoms with Crippen molar-refractivity contribution < 1.29 is 9.59 Å². The molecule has 0 fully saturated rings. The molecule has 0 amide bonds. The average molecular weight is 239 g/mol. The maximum absolute atomic E-state index is 12.1. The Morgan fingerprint density at radius 1 is 0.944 bits per heavy atom. The fraction of sp³-hybridized carbons (Fsp3) is 0.133. The number of carbonyl (C=O) groups excluding carboxylic acids is 2. The van der Waals surface area contributed by atoms with Gasteiger partial charge in [0, 0.05) is 11.8 Å². The first-order valence-corrected chi connectivity index (χ1v) is 5.66. The molecule has 0 atom stereocenters. The molecule has 0 bridgehead atoms. The topological polar surface area (TPSA) is 47.0 Å². The van der Waals surface area contributed by atoms with Crippen LogP contribution in [0.3, 0.4) is 0 Å². The molecule has 0 aliphatic rings. The van der Waals surface area contributed by atoms with Crippen LogP contribution < -0.4 is 0 Å². The number of rotatable bonds is 3. The van der Waals surface area contributed by atoms with E-state index in [1.165, 1.54) is 6.20 Å². The van der Waals surface area contributed by atoms with E-state index < -0.39 is 11.6 Å². The molecule has 2 aromatic rings. The zero-order chi connectivity index (χ0) is 13.1. The van der Waals surface area contributed by atoms with Gasteiger partial charge >= 0.3 is 0 Å². The zero-order valence-electron chi connectivity index (χ0n) is 10.3. The molecule has 2 rings (SSSR count). The first kappa shape index (κ1) is 12.2. The fourth-order valence-corrected chi connectivity index (χ4v) is 1.85. The summed E-state index contributed by atoms with van der Waals surface area (Å²) in [7, 11) is 0. The normalized spacial score (nSPS) is 10.1. The molecular weight excluding hydrogens is 226 g/mol. The molecule has 3 heteroatoms. The van der Waals surface area contributed by atoms with Crippen LogP contribution in [0.15, 0.2) is 42.6 Å². The van der Waals surface area contributed by atoms with Gasteiger partial charge in [-0.25, -0.2) is 0 Å². The Balaban J connectivity index is 2.35. The molecule has 1 heterocycles. The highest BCUT2D eigenvalue weighted by atomic mass is 16.2. The van der Waals surface area contributed by atoms with Gasteiger partial charge in [0.25, 0.3) is 5.78 Å². The highest BCUT2D eigenvalue weighted by molar-refractivity contribution is 6.48. The monoisotopic (exact) mass is 239 g/mol. The van der Waals surface area contributed by atoms with Crippen LogP contribution >= 0.6 is 0 Å². The standard InChI is InChI=1S/C15H13NO2/c1-10-7-11(2)9-12(8-10)14(17)15(18)13-5-3-4-6-16-13/h3-9H,1-2H3. The summed E-state index contributed by atoms with van der Waals surface area (Å²) in [5.41, 5.74) is 2.53. The van der Waals surface area contributed by atoms with Crippen LogP contribution in [0.4, 0.5) is 0 Å². The number of carbonyl (C=O) groups is 2. The lowest BCUT2D eigenvalue weighted by Crippen LogP contribution is -2.16. The molecule has 1 aromatic heterocycles. The molecule has 0 saturated carbocycles. The van der Waals surface area contributed by atoms with Crippen molar-refractivity contribution in [2.75, 3.05) is 0 Å². The number of nitrogens with zero attached hydrogens (tertiary/aromatic N) is 1. The molecule has 0 aliphatic carbocycles. The molecule has 0 unspecified atom stereocenters. The first-order chi connectivity index (χ1) is 8.58. The van der Waals surface area contributed by atoms with Crippen LogP contribution in [0.5, 0.6) is 0 Å².